The number of piperazine rings is 1. The number of amides is 1. The van der Waals surface area contributed by atoms with Crippen molar-refractivity contribution in [2.75, 3.05) is 53.4 Å². The van der Waals surface area contributed by atoms with Gasteiger partial charge in [0.15, 0.2) is 0 Å². The van der Waals surface area contributed by atoms with Gasteiger partial charge in [0, 0.05) is 51.4 Å². The lowest BCUT2D eigenvalue weighted by Gasteiger charge is -2.32. The number of sulfonamides is 1. The molecule has 0 spiro atoms. The Balaban J connectivity index is 1.48. The van der Waals surface area contributed by atoms with Crippen LogP contribution in [0.5, 0.6) is 0 Å². The van der Waals surface area contributed by atoms with Gasteiger partial charge in [0.2, 0.25) is 10.0 Å². The molecule has 1 aromatic carbocycles. The van der Waals surface area contributed by atoms with Gasteiger partial charge < -0.3 is 15.1 Å². The maximum absolute atomic E-state index is 13.1. The highest BCUT2D eigenvalue weighted by Gasteiger charge is 2.29. The van der Waals surface area contributed by atoms with Crippen LogP contribution in [0.3, 0.4) is 0 Å². The van der Waals surface area contributed by atoms with Crippen molar-refractivity contribution in [1.29, 1.82) is 0 Å². The van der Waals surface area contributed by atoms with Crippen LogP contribution in [0.15, 0.2) is 29.2 Å². The Hall–Kier alpha value is -1.48. The van der Waals surface area contributed by atoms with E-state index in [1.165, 1.54) is 16.8 Å². The van der Waals surface area contributed by atoms with Crippen LogP contribution < -0.4 is 5.32 Å². The molecule has 1 N–H and O–H groups in total. The van der Waals surface area contributed by atoms with Gasteiger partial charge in [0.05, 0.1) is 4.90 Å². The maximum atomic E-state index is 13.1. The highest BCUT2D eigenvalue weighted by molar-refractivity contribution is 7.89. The fourth-order valence-corrected chi connectivity index (χ4v) is 5.90. The molecule has 2 aliphatic rings. The SMILES string of the molecule is CN1CCN(CCCCNC(=O)c2cccc(S(=O)(=O)N(C)C3CCCCC3)c2)CC1. The summed E-state index contributed by atoms with van der Waals surface area (Å²) in [6.07, 6.45) is 7.10. The minimum atomic E-state index is -3.60. The Kier molecular flexibility index (Phi) is 8.89. The molecule has 31 heavy (non-hydrogen) atoms. The van der Waals surface area contributed by atoms with Gasteiger partial charge in [-0.15, -0.1) is 0 Å². The van der Waals surface area contributed by atoms with Gasteiger partial charge >= 0.3 is 0 Å². The number of carbonyl (C=O) groups excluding carboxylic acids is 1. The molecule has 174 valence electrons. The van der Waals surface area contributed by atoms with E-state index in [9.17, 15) is 13.2 Å². The molecule has 8 heteroatoms. The Morgan fingerprint density at radius 2 is 1.81 bits per heavy atom. The lowest BCUT2D eigenvalue weighted by atomic mass is 9.96. The third kappa shape index (κ3) is 6.75. The zero-order valence-corrected chi connectivity index (χ0v) is 19.9. The average Bonchev–Trinajstić information content (AvgIpc) is 2.80. The van der Waals surface area contributed by atoms with E-state index in [0.717, 1.165) is 71.2 Å². The first-order valence-corrected chi connectivity index (χ1v) is 13.1. The summed E-state index contributed by atoms with van der Waals surface area (Å²) in [6, 6.07) is 6.48. The number of hydrogen-bond donors (Lipinski definition) is 1. The molecular weight excluding hydrogens is 412 g/mol. The molecule has 1 amide bonds. The second kappa shape index (κ2) is 11.4. The van der Waals surface area contributed by atoms with Crippen LogP contribution in [-0.4, -0.2) is 87.8 Å². The van der Waals surface area contributed by atoms with Gasteiger partial charge in [-0.3, -0.25) is 4.79 Å². The fourth-order valence-electron chi connectivity index (χ4n) is 4.44. The predicted molar refractivity (Wildman–Crippen MR) is 124 cm³/mol. The second-order valence-corrected chi connectivity index (χ2v) is 10.9. The Bertz CT molecular complexity index is 816. The van der Waals surface area contributed by atoms with E-state index in [4.69, 9.17) is 0 Å². The molecule has 0 atom stereocenters. The molecule has 0 bridgehead atoms. The van der Waals surface area contributed by atoms with Crippen LogP contribution in [0.2, 0.25) is 0 Å². The number of nitrogens with zero attached hydrogens (tertiary/aromatic N) is 3. The molecule has 1 heterocycles. The van der Waals surface area contributed by atoms with E-state index >= 15 is 0 Å². The van der Waals surface area contributed by atoms with Gasteiger partial charge in [-0.05, 0) is 57.5 Å². The van der Waals surface area contributed by atoms with Crippen LogP contribution in [-0.2, 0) is 10.0 Å². The normalized spacial score (nSPS) is 19.6. The first-order valence-electron chi connectivity index (χ1n) is 11.6. The van der Waals surface area contributed by atoms with Crippen molar-refractivity contribution in [3.63, 3.8) is 0 Å². The molecule has 1 aromatic rings. The summed E-state index contributed by atoms with van der Waals surface area (Å²) in [6.45, 7) is 6.12. The Labute approximate surface area is 187 Å². The number of unbranched alkanes of at least 4 members (excludes halogenated alkanes) is 1. The van der Waals surface area contributed by atoms with Crippen molar-refractivity contribution in [1.82, 2.24) is 19.4 Å². The first-order chi connectivity index (χ1) is 14.9. The summed E-state index contributed by atoms with van der Waals surface area (Å²) in [5.74, 6) is -0.211. The van der Waals surface area contributed by atoms with E-state index in [-0.39, 0.29) is 16.8 Å². The average molecular weight is 451 g/mol. The summed E-state index contributed by atoms with van der Waals surface area (Å²) in [5.41, 5.74) is 0.400. The minimum absolute atomic E-state index is 0.0523. The number of nitrogens with one attached hydrogen (secondary N) is 1. The van der Waals surface area contributed by atoms with E-state index in [1.54, 1.807) is 25.2 Å². The Morgan fingerprint density at radius 3 is 2.52 bits per heavy atom. The molecule has 1 saturated carbocycles. The number of rotatable bonds is 9. The van der Waals surface area contributed by atoms with Crippen molar-refractivity contribution in [3.8, 4) is 0 Å². The van der Waals surface area contributed by atoms with Crippen molar-refractivity contribution in [2.24, 2.45) is 0 Å². The van der Waals surface area contributed by atoms with Gasteiger partial charge in [-0.25, -0.2) is 8.42 Å². The summed E-state index contributed by atoms with van der Waals surface area (Å²) in [5, 5.41) is 2.94. The van der Waals surface area contributed by atoms with Crippen LogP contribution in [0.1, 0.15) is 55.3 Å². The molecule has 1 aliphatic heterocycles. The minimum Gasteiger partial charge on any atom is -0.352 e. The number of carbonyl (C=O) groups is 1. The number of benzene rings is 1. The number of likely N-dealkylation sites (N-methyl/N-ethyl adjacent to an activating group) is 1. The molecule has 2 fully saturated rings. The molecular formula is C23H38N4O3S. The zero-order chi connectivity index (χ0) is 22.3. The zero-order valence-electron chi connectivity index (χ0n) is 19.1. The van der Waals surface area contributed by atoms with Crippen LogP contribution in [0.4, 0.5) is 0 Å². The van der Waals surface area contributed by atoms with Gasteiger partial charge in [0.25, 0.3) is 5.91 Å². The van der Waals surface area contributed by atoms with E-state index in [1.807, 2.05) is 0 Å². The third-order valence-electron chi connectivity index (χ3n) is 6.64. The summed E-state index contributed by atoms with van der Waals surface area (Å²) in [7, 11) is 0.223. The molecule has 0 aromatic heterocycles. The monoisotopic (exact) mass is 450 g/mol. The topological polar surface area (TPSA) is 73.0 Å². The van der Waals surface area contributed by atoms with Crippen LogP contribution in [0.25, 0.3) is 0 Å². The molecule has 7 nitrogen and oxygen atoms in total. The lowest BCUT2D eigenvalue weighted by Crippen LogP contribution is -2.44. The van der Waals surface area contributed by atoms with Gasteiger partial charge in [-0.1, -0.05) is 25.3 Å². The maximum Gasteiger partial charge on any atom is 0.251 e. The quantitative estimate of drug-likeness (QED) is 0.585. The van der Waals surface area contributed by atoms with Crippen molar-refractivity contribution >= 4 is 15.9 Å². The molecule has 0 radical (unpaired) electrons. The third-order valence-corrected chi connectivity index (χ3v) is 8.55. The van der Waals surface area contributed by atoms with Crippen LogP contribution in [0, 0.1) is 0 Å². The Morgan fingerprint density at radius 1 is 1.10 bits per heavy atom. The fraction of sp³-hybridized carbons (Fsp3) is 0.696. The van der Waals surface area contributed by atoms with Crippen molar-refractivity contribution < 1.29 is 13.2 Å². The summed E-state index contributed by atoms with van der Waals surface area (Å²) in [4.78, 5) is 17.6. The van der Waals surface area contributed by atoms with Crippen LogP contribution >= 0.6 is 0 Å². The van der Waals surface area contributed by atoms with E-state index in [0.29, 0.717) is 12.1 Å². The summed E-state index contributed by atoms with van der Waals surface area (Å²) < 4.78 is 27.6. The highest BCUT2D eigenvalue weighted by atomic mass is 32.2. The second-order valence-electron chi connectivity index (χ2n) is 8.95. The molecule has 1 saturated heterocycles. The molecule has 0 unspecified atom stereocenters. The highest BCUT2D eigenvalue weighted by Crippen LogP contribution is 2.26. The molecule has 1 aliphatic carbocycles. The standard InChI is InChI=1S/C23H38N4O3S/c1-25-15-17-27(18-16-25)14-7-6-13-24-23(28)20-9-8-12-22(19-20)31(29,30)26(2)21-10-4-3-5-11-21/h8-9,12,19,21H,3-7,10-11,13-18H2,1-2H3,(H,24,28). The van der Waals surface area contributed by atoms with Gasteiger partial charge in [-0.2, -0.15) is 4.31 Å². The largest absolute Gasteiger partial charge is 0.352 e. The predicted octanol–water partition coefficient (Wildman–Crippen LogP) is 2.40. The van der Waals surface area contributed by atoms with Crippen molar-refractivity contribution in [3.05, 3.63) is 29.8 Å². The van der Waals surface area contributed by atoms with Gasteiger partial charge in [0.1, 0.15) is 0 Å². The lowest BCUT2D eigenvalue weighted by molar-refractivity contribution is 0.0951. The van der Waals surface area contributed by atoms with E-state index < -0.39 is 10.0 Å². The smallest absolute Gasteiger partial charge is 0.251 e. The van der Waals surface area contributed by atoms with Crippen molar-refractivity contribution in [2.45, 2.75) is 55.9 Å². The molecule has 3 rings (SSSR count). The summed E-state index contributed by atoms with van der Waals surface area (Å²) >= 11 is 0. The first kappa shape index (κ1) is 24.2. The van der Waals surface area contributed by atoms with E-state index in [2.05, 4.69) is 22.2 Å². The number of hydrogen-bond acceptors (Lipinski definition) is 5.